The van der Waals surface area contributed by atoms with Crippen molar-refractivity contribution in [2.75, 3.05) is 25.4 Å². The summed E-state index contributed by atoms with van der Waals surface area (Å²) in [6.07, 6.45) is 0.892. The number of pyridine rings is 1. The predicted octanol–water partition coefficient (Wildman–Crippen LogP) is 4.94. The maximum atomic E-state index is 15.4. The third-order valence-corrected chi connectivity index (χ3v) is 5.00. The Hall–Kier alpha value is -2.35. The number of piperidine rings is 1. The van der Waals surface area contributed by atoms with E-state index in [0.717, 1.165) is 0 Å². The topological polar surface area (TPSA) is 86.9 Å². The lowest BCUT2D eigenvalue weighted by molar-refractivity contribution is -0.154. The molecule has 1 aliphatic heterocycles. The molecule has 32 heavy (non-hydrogen) atoms. The highest BCUT2D eigenvalue weighted by atomic mass is 19.1. The molecule has 0 bridgehead atoms. The van der Waals surface area contributed by atoms with Gasteiger partial charge in [-0.15, -0.1) is 0 Å². The second-order valence-corrected chi connectivity index (χ2v) is 10.3. The van der Waals surface area contributed by atoms with Gasteiger partial charge < -0.3 is 24.8 Å². The largest absolute Gasteiger partial charge is 0.494 e. The molecule has 1 aliphatic rings. The SMILES string of the molecule is C=C(OCC)c1cc(N)nc(CC2(OC(C)(C)C)CCN(C(=O)OC(C)(C)C)CC2)c1F. The average Bonchev–Trinajstić information content (AvgIpc) is 2.62. The monoisotopic (exact) mass is 451 g/mol. The van der Waals surface area contributed by atoms with Crippen LogP contribution in [0.25, 0.3) is 5.76 Å². The van der Waals surface area contributed by atoms with Crippen LogP contribution in [0.2, 0.25) is 0 Å². The molecule has 1 amide bonds. The van der Waals surface area contributed by atoms with Gasteiger partial charge in [0.15, 0.2) is 5.82 Å². The maximum Gasteiger partial charge on any atom is 0.410 e. The molecule has 0 unspecified atom stereocenters. The van der Waals surface area contributed by atoms with Crippen LogP contribution in [0.4, 0.5) is 15.0 Å². The molecule has 0 atom stereocenters. The summed E-state index contributed by atoms with van der Waals surface area (Å²) in [5.74, 6) is -0.107. The van der Waals surface area contributed by atoms with Crippen LogP contribution < -0.4 is 5.73 Å². The van der Waals surface area contributed by atoms with Gasteiger partial charge in [-0.05, 0) is 67.4 Å². The number of nitrogens with two attached hydrogens (primary N) is 1. The molecular formula is C24H38FN3O4. The van der Waals surface area contributed by atoms with E-state index in [-0.39, 0.29) is 35.3 Å². The highest BCUT2D eigenvalue weighted by Crippen LogP contribution is 2.36. The van der Waals surface area contributed by atoms with Gasteiger partial charge in [-0.2, -0.15) is 0 Å². The van der Waals surface area contributed by atoms with Gasteiger partial charge in [-0.1, -0.05) is 6.58 Å². The molecule has 0 aliphatic carbocycles. The van der Waals surface area contributed by atoms with Crippen molar-refractivity contribution >= 4 is 17.7 Å². The number of anilines is 1. The quantitative estimate of drug-likeness (QED) is 0.617. The van der Waals surface area contributed by atoms with Crippen molar-refractivity contribution in [2.45, 2.75) is 84.5 Å². The molecule has 2 rings (SSSR count). The number of carbonyl (C=O) groups is 1. The minimum atomic E-state index is -0.706. The van der Waals surface area contributed by atoms with Crippen LogP contribution >= 0.6 is 0 Å². The van der Waals surface area contributed by atoms with Crippen LogP contribution in [-0.4, -0.2) is 52.5 Å². The van der Waals surface area contributed by atoms with Gasteiger partial charge in [-0.3, -0.25) is 0 Å². The van der Waals surface area contributed by atoms with Crippen LogP contribution in [0.15, 0.2) is 12.6 Å². The smallest absolute Gasteiger partial charge is 0.410 e. The molecule has 8 heteroatoms. The van der Waals surface area contributed by atoms with E-state index in [4.69, 9.17) is 19.9 Å². The van der Waals surface area contributed by atoms with Gasteiger partial charge in [0.1, 0.15) is 17.2 Å². The predicted molar refractivity (Wildman–Crippen MR) is 124 cm³/mol. The number of nitrogens with zero attached hydrogens (tertiary/aromatic N) is 2. The molecule has 2 N–H and O–H groups in total. The number of aromatic nitrogens is 1. The summed E-state index contributed by atoms with van der Waals surface area (Å²) in [5.41, 5.74) is 4.64. The number of nitrogen functional groups attached to an aromatic ring is 1. The molecule has 0 saturated carbocycles. The molecule has 2 heterocycles. The molecule has 1 fully saturated rings. The first kappa shape index (κ1) is 25.9. The van der Waals surface area contributed by atoms with Crippen molar-refractivity contribution in [3.05, 3.63) is 29.7 Å². The fourth-order valence-electron chi connectivity index (χ4n) is 3.87. The molecule has 1 aromatic rings. The minimum absolute atomic E-state index is 0.189. The summed E-state index contributed by atoms with van der Waals surface area (Å²) < 4.78 is 32.7. The number of hydrogen-bond donors (Lipinski definition) is 1. The lowest BCUT2D eigenvalue weighted by Gasteiger charge is -2.45. The van der Waals surface area contributed by atoms with Crippen LogP contribution in [0, 0.1) is 5.82 Å². The number of amides is 1. The highest BCUT2D eigenvalue weighted by Gasteiger charge is 2.42. The summed E-state index contributed by atoms with van der Waals surface area (Å²) in [7, 11) is 0. The Labute approximate surface area is 191 Å². The number of rotatable bonds is 6. The van der Waals surface area contributed by atoms with Gasteiger partial charge in [0.25, 0.3) is 0 Å². The summed E-state index contributed by atoms with van der Waals surface area (Å²) in [4.78, 5) is 18.4. The molecule has 7 nitrogen and oxygen atoms in total. The zero-order valence-corrected chi connectivity index (χ0v) is 20.5. The molecule has 0 radical (unpaired) electrons. The van der Waals surface area contributed by atoms with E-state index in [0.29, 0.717) is 32.5 Å². The second-order valence-electron chi connectivity index (χ2n) is 10.3. The summed E-state index contributed by atoms with van der Waals surface area (Å²) in [6.45, 7) is 18.2. The first-order chi connectivity index (χ1) is 14.6. The summed E-state index contributed by atoms with van der Waals surface area (Å²) in [5, 5.41) is 0. The minimum Gasteiger partial charge on any atom is -0.494 e. The lowest BCUT2D eigenvalue weighted by Crippen LogP contribution is -2.52. The first-order valence-electron chi connectivity index (χ1n) is 11.1. The Morgan fingerprint density at radius 1 is 1.22 bits per heavy atom. The number of hydrogen-bond acceptors (Lipinski definition) is 6. The van der Waals surface area contributed by atoms with E-state index < -0.39 is 22.6 Å². The highest BCUT2D eigenvalue weighted by molar-refractivity contribution is 5.68. The van der Waals surface area contributed by atoms with Crippen LogP contribution in [0.3, 0.4) is 0 Å². The average molecular weight is 452 g/mol. The van der Waals surface area contributed by atoms with Crippen LogP contribution in [0.5, 0.6) is 0 Å². The fourth-order valence-corrected chi connectivity index (χ4v) is 3.87. The Balaban J connectivity index is 2.30. The van der Waals surface area contributed by atoms with E-state index in [9.17, 15) is 4.79 Å². The lowest BCUT2D eigenvalue weighted by atomic mass is 9.85. The molecule has 180 valence electrons. The van der Waals surface area contributed by atoms with E-state index >= 15 is 4.39 Å². The normalized spacial score (nSPS) is 16.6. The second kappa shape index (κ2) is 9.65. The zero-order valence-electron chi connectivity index (χ0n) is 20.5. The van der Waals surface area contributed by atoms with Crippen molar-refractivity contribution in [1.82, 2.24) is 9.88 Å². The number of ether oxygens (including phenoxy) is 3. The summed E-state index contributed by atoms with van der Waals surface area (Å²) in [6, 6.07) is 1.43. The summed E-state index contributed by atoms with van der Waals surface area (Å²) >= 11 is 0. The number of halogens is 1. The molecule has 0 spiro atoms. The van der Waals surface area contributed by atoms with Gasteiger partial charge in [-0.25, -0.2) is 14.2 Å². The van der Waals surface area contributed by atoms with Crippen molar-refractivity contribution in [3.63, 3.8) is 0 Å². The van der Waals surface area contributed by atoms with E-state index in [1.165, 1.54) is 6.07 Å². The third-order valence-electron chi connectivity index (χ3n) is 5.00. The van der Waals surface area contributed by atoms with Gasteiger partial charge in [0, 0.05) is 19.5 Å². The van der Waals surface area contributed by atoms with Gasteiger partial charge >= 0.3 is 6.09 Å². The van der Waals surface area contributed by atoms with E-state index in [1.807, 2.05) is 41.5 Å². The van der Waals surface area contributed by atoms with Crippen molar-refractivity contribution in [2.24, 2.45) is 0 Å². The number of carbonyl (C=O) groups excluding carboxylic acids is 1. The molecular weight excluding hydrogens is 413 g/mol. The third kappa shape index (κ3) is 7.08. The van der Waals surface area contributed by atoms with E-state index in [2.05, 4.69) is 11.6 Å². The fraction of sp³-hybridized carbons (Fsp3) is 0.667. The van der Waals surface area contributed by atoms with Crippen molar-refractivity contribution < 1.29 is 23.4 Å². The van der Waals surface area contributed by atoms with Crippen molar-refractivity contribution in [3.8, 4) is 0 Å². The van der Waals surface area contributed by atoms with Crippen molar-refractivity contribution in [1.29, 1.82) is 0 Å². The standard InChI is InChI=1S/C24H38FN3O4/c1-9-30-16(2)17-14-19(26)27-18(20(17)25)15-24(32-23(6,7)8)10-12-28(13-11-24)21(29)31-22(3,4)5/h14H,2,9-13,15H2,1,3-8H3,(H2,26,27). The molecule has 0 aromatic carbocycles. The van der Waals surface area contributed by atoms with Gasteiger partial charge in [0.2, 0.25) is 0 Å². The Morgan fingerprint density at radius 2 is 1.81 bits per heavy atom. The van der Waals surface area contributed by atoms with E-state index in [1.54, 1.807) is 11.8 Å². The zero-order chi connectivity index (χ0) is 24.3. The first-order valence-corrected chi connectivity index (χ1v) is 11.1. The molecule has 1 aromatic heterocycles. The Morgan fingerprint density at radius 3 is 2.31 bits per heavy atom. The van der Waals surface area contributed by atoms with Crippen LogP contribution in [0.1, 0.15) is 72.6 Å². The molecule has 1 saturated heterocycles. The Bertz CT molecular complexity index is 835. The number of likely N-dealkylation sites (tertiary alicyclic amines) is 1. The van der Waals surface area contributed by atoms with Crippen LogP contribution in [-0.2, 0) is 20.6 Å². The maximum absolute atomic E-state index is 15.4. The Kier molecular flexibility index (Phi) is 7.81. The van der Waals surface area contributed by atoms with Gasteiger partial charge in [0.05, 0.1) is 29.1 Å².